The van der Waals surface area contributed by atoms with Crippen LogP contribution in [0.3, 0.4) is 0 Å². The molecule has 0 amide bonds. The van der Waals surface area contributed by atoms with Crippen molar-refractivity contribution < 1.29 is 9.66 Å². The Morgan fingerprint density at radius 1 is 1.33 bits per heavy atom. The highest BCUT2D eigenvalue weighted by Gasteiger charge is 2.17. The Labute approximate surface area is 115 Å². The average Bonchev–Trinajstić information content (AvgIpc) is 2.32. The van der Waals surface area contributed by atoms with E-state index in [-0.39, 0.29) is 17.4 Å². The quantitative estimate of drug-likeness (QED) is 0.635. The Hall–Kier alpha value is -1.73. The fourth-order valence-electron chi connectivity index (χ4n) is 1.17. The van der Waals surface area contributed by atoms with Crippen LogP contribution in [0.5, 0.6) is 11.8 Å². The molecule has 0 radical (unpaired) electrons. The van der Waals surface area contributed by atoms with Gasteiger partial charge in [0.05, 0.1) is 9.40 Å². The molecule has 0 aliphatic carbocycles. The Bertz CT molecular complexity index is 591. The van der Waals surface area contributed by atoms with Gasteiger partial charge in [-0.3, -0.25) is 10.1 Å². The first-order chi connectivity index (χ1) is 8.56. The fraction of sp³-hybridized carbons (Fsp3) is 0. The Kier molecular flexibility index (Phi) is 3.73. The van der Waals surface area contributed by atoms with Crippen molar-refractivity contribution >= 4 is 33.2 Å². The van der Waals surface area contributed by atoms with Crippen molar-refractivity contribution in [2.45, 2.75) is 0 Å². The van der Waals surface area contributed by atoms with Gasteiger partial charge in [-0.05, 0) is 22.0 Å². The topological polar surface area (TPSA) is 78.2 Å². The standard InChI is InChI=1S/C10H5BrClN3O3/c11-6-4-13-10(14-5-6)18-9-3-7(12)1-2-8(9)15(16)17/h1-5H. The molecule has 18 heavy (non-hydrogen) atoms. The Morgan fingerprint density at radius 2 is 2.00 bits per heavy atom. The van der Waals surface area contributed by atoms with Crippen LogP contribution in [-0.2, 0) is 0 Å². The lowest BCUT2D eigenvalue weighted by Crippen LogP contribution is -1.96. The van der Waals surface area contributed by atoms with Crippen molar-refractivity contribution in [3.05, 3.63) is 50.2 Å². The number of nitro groups is 1. The lowest BCUT2D eigenvalue weighted by atomic mass is 10.3. The number of nitro benzene ring substituents is 1. The van der Waals surface area contributed by atoms with Crippen LogP contribution in [0.1, 0.15) is 0 Å². The molecule has 2 aromatic rings. The lowest BCUT2D eigenvalue weighted by Gasteiger charge is -2.04. The lowest BCUT2D eigenvalue weighted by molar-refractivity contribution is -0.385. The Morgan fingerprint density at radius 3 is 2.61 bits per heavy atom. The molecule has 0 aliphatic heterocycles. The minimum absolute atomic E-state index is 0.00330. The molecule has 0 unspecified atom stereocenters. The van der Waals surface area contributed by atoms with Gasteiger partial charge >= 0.3 is 11.7 Å². The third-order valence-electron chi connectivity index (χ3n) is 1.92. The van der Waals surface area contributed by atoms with Crippen LogP contribution in [0, 0.1) is 10.1 Å². The SMILES string of the molecule is O=[N+]([O-])c1ccc(Cl)cc1Oc1ncc(Br)cn1. The monoisotopic (exact) mass is 329 g/mol. The third kappa shape index (κ3) is 2.93. The second-order valence-corrected chi connectivity index (χ2v) is 4.51. The van der Waals surface area contributed by atoms with Gasteiger partial charge in [0.25, 0.3) is 0 Å². The molecule has 0 bridgehead atoms. The van der Waals surface area contributed by atoms with Gasteiger partial charge in [-0.25, -0.2) is 9.97 Å². The highest BCUT2D eigenvalue weighted by molar-refractivity contribution is 9.10. The molecule has 1 aromatic carbocycles. The fourth-order valence-corrected chi connectivity index (χ4v) is 1.54. The molecule has 1 aromatic heterocycles. The first-order valence-electron chi connectivity index (χ1n) is 4.65. The van der Waals surface area contributed by atoms with Crippen molar-refractivity contribution in [1.29, 1.82) is 0 Å². The predicted octanol–water partition coefficient (Wildman–Crippen LogP) is 3.59. The number of nitrogens with zero attached hydrogens (tertiary/aromatic N) is 3. The Balaban J connectivity index is 2.35. The average molecular weight is 331 g/mol. The highest BCUT2D eigenvalue weighted by Crippen LogP contribution is 2.32. The molecule has 8 heteroatoms. The van der Waals surface area contributed by atoms with Crippen LogP contribution in [0.15, 0.2) is 35.1 Å². The van der Waals surface area contributed by atoms with Gasteiger partial charge in [-0.2, -0.15) is 0 Å². The summed E-state index contributed by atoms with van der Waals surface area (Å²) in [5.74, 6) is -0.00479. The molecule has 1 heterocycles. The summed E-state index contributed by atoms with van der Waals surface area (Å²) in [5, 5.41) is 11.1. The zero-order valence-corrected chi connectivity index (χ0v) is 11.1. The highest BCUT2D eigenvalue weighted by atomic mass is 79.9. The predicted molar refractivity (Wildman–Crippen MR) is 67.9 cm³/mol. The van der Waals surface area contributed by atoms with E-state index in [2.05, 4.69) is 25.9 Å². The summed E-state index contributed by atoms with van der Waals surface area (Å²) in [6.07, 6.45) is 2.94. The summed E-state index contributed by atoms with van der Waals surface area (Å²) in [5.41, 5.74) is -0.203. The van der Waals surface area contributed by atoms with Gasteiger partial charge < -0.3 is 4.74 Å². The summed E-state index contributed by atoms with van der Waals surface area (Å²) >= 11 is 8.93. The van der Waals surface area contributed by atoms with Crippen LogP contribution in [-0.4, -0.2) is 14.9 Å². The minimum atomic E-state index is -0.565. The number of ether oxygens (including phenoxy) is 1. The molecule has 0 N–H and O–H groups in total. The molecule has 0 saturated carbocycles. The van der Waals surface area contributed by atoms with E-state index < -0.39 is 4.92 Å². The van der Waals surface area contributed by atoms with E-state index in [0.717, 1.165) is 0 Å². The molecule has 0 saturated heterocycles. The van der Waals surface area contributed by atoms with E-state index in [1.807, 2.05) is 0 Å². The van der Waals surface area contributed by atoms with E-state index in [4.69, 9.17) is 16.3 Å². The van der Waals surface area contributed by atoms with E-state index >= 15 is 0 Å². The number of hydrogen-bond acceptors (Lipinski definition) is 5. The first kappa shape index (κ1) is 12.7. The molecular formula is C10H5BrClN3O3. The molecule has 6 nitrogen and oxygen atoms in total. The van der Waals surface area contributed by atoms with Crippen molar-refractivity contribution in [2.24, 2.45) is 0 Å². The molecule has 0 atom stereocenters. The third-order valence-corrected chi connectivity index (χ3v) is 2.56. The number of hydrogen-bond donors (Lipinski definition) is 0. The van der Waals surface area contributed by atoms with Gasteiger partial charge in [0.1, 0.15) is 0 Å². The van der Waals surface area contributed by atoms with E-state index in [1.165, 1.54) is 30.6 Å². The molecule has 0 spiro atoms. The van der Waals surface area contributed by atoms with Crippen molar-refractivity contribution in [3.63, 3.8) is 0 Å². The number of aromatic nitrogens is 2. The van der Waals surface area contributed by atoms with Crippen LogP contribution in [0.4, 0.5) is 5.69 Å². The van der Waals surface area contributed by atoms with Gasteiger partial charge in [0, 0.05) is 29.5 Å². The molecule has 2 rings (SSSR count). The van der Waals surface area contributed by atoms with Gasteiger partial charge in [0.2, 0.25) is 5.75 Å². The van der Waals surface area contributed by atoms with Crippen LogP contribution < -0.4 is 4.74 Å². The largest absolute Gasteiger partial charge is 0.417 e. The van der Waals surface area contributed by atoms with Crippen LogP contribution in [0.25, 0.3) is 0 Å². The van der Waals surface area contributed by atoms with Crippen molar-refractivity contribution in [1.82, 2.24) is 9.97 Å². The normalized spacial score (nSPS) is 10.1. The number of benzene rings is 1. The zero-order chi connectivity index (χ0) is 13.1. The van der Waals surface area contributed by atoms with Crippen LogP contribution in [0.2, 0.25) is 5.02 Å². The molecule has 92 valence electrons. The van der Waals surface area contributed by atoms with E-state index in [1.54, 1.807) is 0 Å². The minimum Gasteiger partial charge on any atom is -0.417 e. The number of rotatable bonds is 3. The second kappa shape index (κ2) is 5.28. The summed E-state index contributed by atoms with van der Waals surface area (Å²) in [7, 11) is 0. The maximum atomic E-state index is 10.8. The van der Waals surface area contributed by atoms with Gasteiger partial charge in [0.15, 0.2) is 0 Å². The smallest absolute Gasteiger partial charge is 0.322 e. The van der Waals surface area contributed by atoms with Crippen molar-refractivity contribution in [3.8, 4) is 11.8 Å². The van der Waals surface area contributed by atoms with Crippen molar-refractivity contribution in [2.75, 3.05) is 0 Å². The van der Waals surface area contributed by atoms with Gasteiger partial charge in [-0.1, -0.05) is 11.6 Å². The summed E-state index contributed by atoms with van der Waals surface area (Å²) < 4.78 is 5.91. The maximum absolute atomic E-state index is 10.8. The second-order valence-electron chi connectivity index (χ2n) is 3.16. The molecule has 0 aliphatic rings. The first-order valence-corrected chi connectivity index (χ1v) is 5.82. The summed E-state index contributed by atoms with van der Waals surface area (Å²) in [6.45, 7) is 0. The number of halogens is 2. The summed E-state index contributed by atoms with van der Waals surface area (Å²) in [6, 6.07) is 4.01. The van der Waals surface area contributed by atoms with E-state index in [9.17, 15) is 10.1 Å². The summed E-state index contributed by atoms with van der Waals surface area (Å²) in [4.78, 5) is 18.0. The molecule has 0 fully saturated rings. The molecular weight excluding hydrogens is 325 g/mol. The van der Waals surface area contributed by atoms with E-state index in [0.29, 0.717) is 9.50 Å². The zero-order valence-electron chi connectivity index (χ0n) is 8.71. The van der Waals surface area contributed by atoms with Gasteiger partial charge in [-0.15, -0.1) is 0 Å². The maximum Gasteiger partial charge on any atom is 0.322 e. The van der Waals surface area contributed by atoms with Crippen LogP contribution >= 0.6 is 27.5 Å².